The van der Waals surface area contributed by atoms with Gasteiger partial charge >= 0.3 is 0 Å². The quantitative estimate of drug-likeness (QED) is 0.680. The highest BCUT2D eigenvalue weighted by Gasteiger charge is 2.33. The number of para-hydroxylation sites is 1. The van der Waals surface area contributed by atoms with Gasteiger partial charge in [0.25, 0.3) is 0 Å². The predicted molar refractivity (Wildman–Crippen MR) is 70.9 cm³/mol. The lowest BCUT2D eigenvalue weighted by molar-refractivity contribution is -0.113. The van der Waals surface area contributed by atoms with Crippen molar-refractivity contribution in [3.8, 4) is 6.07 Å². The Bertz CT molecular complexity index is 539. The summed E-state index contributed by atoms with van der Waals surface area (Å²) in [7, 11) is 0. The Labute approximate surface area is 114 Å². The average molecular weight is 282 g/mol. The first-order valence-corrected chi connectivity index (χ1v) is 6.11. The summed E-state index contributed by atoms with van der Waals surface area (Å²) >= 11 is 11.9. The summed E-state index contributed by atoms with van der Waals surface area (Å²) in [5.74, 6) is -0.278. The lowest BCUT2D eigenvalue weighted by Crippen LogP contribution is -2.15. The predicted octanol–water partition coefficient (Wildman–Crippen LogP) is 3.26. The largest absolute Gasteiger partial charge is 0.291 e. The van der Waals surface area contributed by atoms with E-state index in [2.05, 4.69) is 10.5 Å². The third kappa shape index (κ3) is 2.81. The van der Waals surface area contributed by atoms with E-state index in [1.807, 2.05) is 0 Å². The maximum atomic E-state index is 11.7. The number of ketones is 1. The molecule has 0 unspecified atom stereocenters. The van der Waals surface area contributed by atoms with Crippen LogP contribution in [0.1, 0.15) is 12.8 Å². The van der Waals surface area contributed by atoms with Crippen LogP contribution in [0.5, 0.6) is 0 Å². The molecule has 6 heteroatoms. The van der Waals surface area contributed by atoms with Gasteiger partial charge in [0.2, 0.25) is 5.71 Å². The summed E-state index contributed by atoms with van der Waals surface area (Å²) in [6, 6.07) is 6.76. The fourth-order valence-electron chi connectivity index (χ4n) is 1.39. The van der Waals surface area contributed by atoms with Gasteiger partial charge in [-0.2, -0.15) is 10.4 Å². The summed E-state index contributed by atoms with van der Waals surface area (Å²) in [5, 5.41) is 13.4. The van der Waals surface area contributed by atoms with E-state index in [1.54, 1.807) is 24.3 Å². The number of hydrogen-bond donors (Lipinski definition) is 1. The number of halogens is 2. The van der Waals surface area contributed by atoms with Gasteiger partial charge < -0.3 is 0 Å². The molecule has 4 nitrogen and oxygen atoms in total. The van der Waals surface area contributed by atoms with Crippen molar-refractivity contribution in [3.05, 3.63) is 28.2 Å². The number of hydrogen-bond acceptors (Lipinski definition) is 4. The number of rotatable bonds is 4. The van der Waals surface area contributed by atoms with Crippen LogP contribution >= 0.6 is 23.2 Å². The maximum absolute atomic E-state index is 11.7. The van der Waals surface area contributed by atoms with Gasteiger partial charge in [0.15, 0.2) is 5.78 Å². The molecule has 1 saturated carbocycles. The Morgan fingerprint density at radius 2 is 2.00 bits per heavy atom. The van der Waals surface area contributed by atoms with Gasteiger partial charge in [-0.25, -0.2) is 0 Å². The molecule has 0 saturated heterocycles. The average Bonchev–Trinajstić information content (AvgIpc) is 3.16. The lowest BCUT2D eigenvalue weighted by Gasteiger charge is -2.05. The van der Waals surface area contributed by atoms with Crippen molar-refractivity contribution in [2.24, 2.45) is 11.0 Å². The second kappa shape index (κ2) is 5.38. The van der Waals surface area contributed by atoms with Crippen LogP contribution in [0.4, 0.5) is 5.69 Å². The normalized spacial score (nSPS) is 15.1. The summed E-state index contributed by atoms with van der Waals surface area (Å²) in [5.41, 5.74) is 2.82. The molecule has 0 bridgehead atoms. The van der Waals surface area contributed by atoms with Crippen LogP contribution < -0.4 is 5.43 Å². The van der Waals surface area contributed by atoms with E-state index < -0.39 is 0 Å². The molecule has 1 aromatic rings. The zero-order valence-corrected chi connectivity index (χ0v) is 10.8. The molecule has 1 aliphatic rings. The third-order valence-corrected chi connectivity index (χ3v) is 3.16. The Balaban J connectivity index is 2.18. The molecule has 1 fully saturated rings. The number of benzene rings is 1. The maximum Gasteiger partial charge on any atom is 0.203 e. The van der Waals surface area contributed by atoms with Crippen LogP contribution in [0.25, 0.3) is 0 Å². The molecule has 0 spiro atoms. The minimum atomic E-state index is -0.229. The third-order valence-electron chi connectivity index (χ3n) is 2.53. The zero-order chi connectivity index (χ0) is 13.1. The van der Waals surface area contributed by atoms with E-state index in [-0.39, 0.29) is 17.4 Å². The van der Waals surface area contributed by atoms with Crippen LogP contribution in [-0.2, 0) is 4.79 Å². The molecule has 0 amide bonds. The number of carbonyl (C=O) groups is 1. The van der Waals surface area contributed by atoms with E-state index >= 15 is 0 Å². The van der Waals surface area contributed by atoms with Crippen molar-refractivity contribution in [2.75, 3.05) is 5.43 Å². The van der Waals surface area contributed by atoms with Crippen molar-refractivity contribution < 1.29 is 4.79 Å². The summed E-state index contributed by atoms with van der Waals surface area (Å²) in [6.07, 6.45) is 1.65. The van der Waals surface area contributed by atoms with Gasteiger partial charge in [-0.15, -0.1) is 0 Å². The van der Waals surface area contributed by atoms with Crippen molar-refractivity contribution >= 4 is 40.4 Å². The van der Waals surface area contributed by atoms with E-state index in [0.717, 1.165) is 12.8 Å². The van der Waals surface area contributed by atoms with E-state index in [1.165, 1.54) is 0 Å². The van der Waals surface area contributed by atoms with Gasteiger partial charge in [0.05, 0.1) is 15.7 Å². The molecule has 0 radical (unpaired) electrons. The van der Waals surface area contributed by atoms with Crippen molar-refractivity contribution in [1.82, 2.24) is 0 Å². The SMILES string of the molecule is N#CC(=NNc1c(Cl)cccc1Cl)C(=O)C1CC1. The summed E-state index contributed by atoms with van der Waals surface area (Å²) in [4.78, 5) is 11.7. The first kappa shape index (κ1) is 12.9. The second-order valence-corrected chi connectivity index (χ2v) is 4.73. The Hall–Kier alpha value is -1.57. The van der Waals surface area contributed by atoms with Crippen molar-refractivity contribution in [2.45, 2.75) is 12.8 Å². The second-order valence-electron chi connectivity index (χ2n) is 3.92. The first-order chi connectivity index (χ1) is 8.63. The number of hydrazone groups is 1. The Kier molecular flexibility index (Phi) is 3.85. The standard InChI is InChI=1S/C12H9Cl2N3O/c13-8-2-1-3-9(14)11(8)17-16-10(6-15)12(18)7-4-5-7/h1-3,7,17H,4-5H2. The van der Waals surface area contributed by atoms with Gasteiger partial charge in [0, 0.05) is 5.92 Å². The molecule has 0 heterocycles. The number of nitriles is 1. The highest BCUT2D eigenvalue weighted by atomic mass is 35.5. The molecule has 1 aromatic carbocycles. The number of anilines is 1. The van der Waals surface area contributed by atoms with Crippen molar-refractivity contribution in [1.29, 1.82) is 5.26 Å². The molecule has 92 valence electrons. The van der Waals surface area contributed by atoms with Crippen LogP contribution in [0.3, 0.4) is 0 Å². The molecule has 2 rings (SSSR count). The molecule has 0 aliphatic heterocycles. The summed E-state index contributed by atoms with van der Waals surface area (Å²) in [6.45, 7) is 0. The molecule has 0 aromatic heterocycles. The first-order valence-electron chi connectivity index (χ1n) is 5.35. The molecular weight excluding hydrogens is 273 g/mol. The highest BCUT2D eigenvalue weighted by molar-refractivity contribution is 6.47. The van der Waals surface area contributed by atoms with Crippen LogP contribution in [0.15, 0.2) is 23.3 Å². The number of Topliss-reactive ketones (excluding diaryl/α,β-unsaturated/α-hetero) is 1. The fraction of sp³-hybridized carbons (Fsp3) is 0.250. The number of nitrogens with zero attached hydrogens (tertiary/aromatic N) is 2. The van der Waals surface area contributed by atoms with E-state index in [0.29, 0.717) is 15.7 Å². The van der Waals surface area contributed by atoms with Crippen LogP contribution in [0, 0.1) is 17.2 Å². The van der Waals surface area contributed by atoms with Gasteiger partial charge in [-0.3, -0.25) is 10.2 Å². The van der Waals surface area contributed by atoms with Crippen LogP contribution in [-0.4, -0.2) is 11.5 Å². The molecular formula is C12H9Cl2N3O. The van der Waals surface area contributed by atoms with Gasteiger partial charge in [0.1, 0.15) is 6.07 Å². The summed E-state index contributed by atoms with van der Waals surface area (Å²) < 4.78 is 0. The minimum Gasteiger partial charge on any atom is -0.291 e. The lowest BCUT2D eigenvalue weighted by atomic mass is 10.2. The Morgan fingerprint density at radius 3 is 2.50 bits per heavy atom. The van der Waals surface area contributed by atoms with Gasteiger partial charge in [-0.05, 0) is 25.0 Å². The monoisotopic (exact) mass is 281 g/mol. The Morgan fingerprint density at radius 1 is 1.39 bits per heavy atom. The zero-order valence-electron chi connectivity index (χ0n) is 9.28. The number of nitrogens with one attached hydrogen (secondary N) is 1. The molecule has 18 heavy (non-hydrogen) atoms. The molecule has 1 N–H and O–H groups in total. The minimum absolute atomic E-state index is 0.0492. The van der Waals surface area contributed by atoms with E-state index in [4.69, 9.17) is 28.5 Å². The van der Waals surface area contributed by atoms with Crippen molar-refractivity contribution in [3.63, 3.8) is 0 Å². The molecule has 0 atom stereocenters. The van der Waals surface area contributed by atoms with Gasteiger partial charge in [-0.1, -0.05) is 29.3 Å². The van der Waals surface area contributed by atoms with Crippen LogP contribution in [0.2, 0.25) is 10.0 Å². The van der Waals surface area contributed by atoms with E-state index in [9.17, 15) is 4.79 Å². The topological polar surface area (TPSA) is 65.2 Å². The number of carbonyl (C=O) groups excluding carboxylic acids is 1. The highest BCUT2D eigenvalue weighted by Crippen LogP contribution is 2.31. The molecule has 1 aliphatic carbocycles. The fourth-order valence-corrected chi connectivity index (χ4v) is 1.87. The smallest absolute Gasteiger partial charge is 0.203 e.